The lowest BCUT2D eigenvalue weighted by atomic mass is 9.79. The first-order chi connectivity index (χ1) is 10.2. The smallest absolute Gasteiger partial charge is 0.164 e. The summed E-state index contributed by atoms with van der Waals surface area (Å²) in [5.74, 6) is 0.340. The van der Waals surface area contributed by atoms with Gasteiger partial charge in [-0.3, -0.25) is 4.79 Å². The van der Waals surface area contributed by atoms with Gasteiger partial charge in [-0.2, -0.15) is 0 Å². The lowest BCUT2D eigenvalue weighted by Crippen LogP contribution is -2.18. The van der Waals surface area contributed by atoms with Crippen LogP contribution < -0.4 is 0 Å². The van der Waals surface area contributed by atoms with E-state index < -0.39 is 0 Å². The highest BCUT2D eigenvalue weighted by molar-refractivity contribution is 6.02. The number of carbonyl (C=O) groups excluding carboxylic acids is 1. The van der Waals surface area contributed by atoms with Crippen LogP contribution in [-0.4, -0.2) is 5.78 Å². The van der Waals surface area contributed by atoms with Crippen molar-refractivity contribution in [1.82, 2.24) is 0 Å². The Kier molecular flexibility index (Phi) is 6.02. The molecular weight excluding hydrogens is 256 g/mol. The number of benzene rings is 1. The van der Waals surface area contributed by atoms with E-state index in [9.17, 15) is 4.79 Å². The van der Waals surface area contributed by atoms with Crippen molar-refractivity contribution in [3.05, 3.63) is 35.4 Å². The van der Waals surface area contributed by atoms with E-state index in [1.165, 1.54) is 56.9 Å². The van der Waals surface area contributed by atoms with Crippen molar-refractivity contribution in [2.75, 3.05) is 0 Å². The molecule has 0 bridgehead atoms. The standard InChI is InChI=1S/C20H30O/c1-3-4-5-6-7-8-9-12-15-20(2)16-19(21)17-13-10-11-14-18(17)20/h10-11,13-14H,3-9,12,15-16H2,1-2H3/t20-/m1/s1. The SMILES string of the molecule is CCCCCCCCCC[C@]1(C)CC(=O)c2ccccc21. The van der Waals surface area contributed by atoms with Gasteiger partial charge in [0.15, 0.2) is 5.78 Å². The molecule has 0 radical (unpaired) electrons. The van der Waals surface area contributed by atoms with Crippen molar-refractivity contribution in [2.24, 2.45) is 0 Å². The van der Waals surface area contributed by atoms with Gasteiger partial charge in [-0.15, -0.1) is 0 Å². The molecule has 1 aromatic rings. The zero-order valence-electron chi connectivity index (χ0n) is 13.8. The van der Waals surface area contributed by atoms with Gasteiger partial charge in [0, 0.05) is 17.4 Å². The molecule has 1 nitrogen and oxygen atoms in total. The van der Waals surface area contributed by atoms with Gasteiger partial charge >= 0.3 is 0 Å². The Labute approximate surface area is 130 Å². The van der Waals surface area contributed by atoms with E-state index in [1.54, 1.807) is 0 Å². The van der Waals surface area contributed by atoms with Crippen LogP contribution in [0.3, 0.4) is 0 Å². The van der Waals surface area contributed by atoms with E-state index in [4.69, 9.17) is 0 Å². The summed E-state index contributed by atoms with van der Waals surface area (Å²) in [5.41, 5.74) is 2.35. The predicted octanol–water partition coefficient (Wildman–Crippen LogP) is 6.06. The lowest BCUT2D eigenvalue weighted by Gasteiger charge is -2.24. The Morgan fingerprint density at radius 1 is 0.952 bits per heavy atom. The number of rotatable bonds is 9. The Morgan fingerprint density at radius 2 is 1.57 bits per heavy atom. The van der Waals surface area contributed by atoms with Crippen LogP contribution in [0.4, 0.5) is 0 Å². The van der Waals surface area contributed by atoms with Crippen LogP contribution in [-0.2, 0) is 5.41 Å². The van der Waals surface area contributed by atoms with Crippen molar-refractivity contribution >= 4 is 5.78 Å². The highest BCUT2D eigenvalue weighted by Gasteiger charge is 2.38. The third-order valence-electron chi connectivity index (χ3n) is 5.01. The number of fused-ring (bicyclic) bond motifs is 1. The monoisotopic (exact) mass is 286 g/mol. The first-order valence-corrected chi connectivity index (χ1v) is 8.80. The maximum absolute atomic E-state index is 12.1. The summed E-state index contributed by atoms with van der Waals surface area (Å²) < 4.78 is 0. The molecule has 1 heteroatoms. The molecule has 1 atom stereocenters. The van der Waals surface area contributed by atoms with Gasteiger partial charge < -0.3 is 0 Å². The molecule has 2 rings (SSSR count). The van der Waals surface area contributed by atoms with Crippen LogP contribution in [0.1, 0.15) is 94.0 Å². The van der Waals surface area contributed by atoms with E-state index in [1.807, 2.05) is 12.1 Å². The topological polar surface area (TPSA) is 17.1 Å². The molecule has 1 aromatic carbocycles. The van der Waals surface area contributed by atoms with Crippen molar-refractivity contribution < 1.29 is 4.79 Å². The summed E-state index contributed by atoms with van der Waals surface area (Å²) in [5, 5.41) is 0. The minimum atomic E-state index is 0.0931. The van der Waals surface area contributed by atoms with Crippen LogP contribution >= 0.6 is 0 Å². The minimum Gasteiger partial charge on any atom is -0.294 e. The summed E-state index contributed by atoms with van der Waals surface area (Å²) in [4.78, 5) is 12.1. The predicted molar refractivity (Wildman–Crippen MR) is 90.0 cm³/mol. The molecule has 1 aliphatic rings. The molecule has 0 saturated carbocycles. The second-order valence-corrected chi connectivity index (χ2v) is 6.93. The molecule has 0 aromatic heterocycles. The number of Topliss-reactive ketones (excluding diaryl/α,β-unsaturated/α-hetero) is 1. The summed E-state index contributed by atoms with van der Waals surface area (Å²) in [6.45, 7) is 4.54. The Hall–Kier alpha value is -1.11. The first kappa shape index (κ1) is 16.3. The van der Waals surface area contributed by atoms with Gasteiger partial charge in [0.1, 0.15) is 0 Å². The molecule has 0 unspecified atom stereocenters. The number of hydrogen-bond donors (Lipinski definition) is 0. The van der Waals surface area contributed by atoms with E-state index in [2.05, 4.69) is 26.0 Å². The normalized spacial score (nSPS) is 20.8. The largest absolute Gasteiger partial charge is 0.294 e. The van der Waals surface area contributed by atoms with Crippen molar-refractivity contribution in [2.45, 2.75) is 83.5 Å². The van der Waals surface area contributed by atoms with Gasteiger partial charge in [0.05, 0.1) is 0 Å². The van der Waals surface area contributed by atoms with Gasteiger partial charge in [-0.05, 0) is 12.0 Å². The molecule has 0 N–H and O–H groups in total. The zero-order chi connectivity index (χ0) is 15.1. The second-order valence-electron chi connectivity index (χ2n) is 6.93. The number of hydrogen-bond acceptors (Lipinski definition) is 1. The quantitative estimate of drug-likeness (QED) is 0.504. The van der Waals surface area contributed by atoms with E-state index >= 15 is 0 Å². The average Bonchev–Trinajstić information content (AvgIpc) is 2.74. The maximum atomic E-state index is 12.1. The van der Waals surface area contributed by atoms with Crippen LogP contribution in [0.2, 0.25) is 0 Å². The van der Waals surface area contributed by atoms with Crippen LogP contribution in [0.15, 0.2) is 24.3 Å². The number of ketones is 1. The van der Waals surface area contributed by atoms with Crippen molar-refractivity contribution in [3.63, 3.8) is 0 Å². The highest BCUT2D eigenvalue weighted by Crippen LogP contribution is 2.42. The molecule has 21 heavy (non-hydrogen) atoms. The average molecular weight is 286 g/mol. The molecule has 0 amide bonds. The molecule has 0 fully saturated rings. The molecule has 0 spiro atoms. The third kappa shape index (κ3) is 4.18. The van der Waals surface area contributed by atoms with Gasteiger partial charge in [0.25, 0.3) is 0 Å². The molecule has 0 heterocycles. The zero-order valence-corrected chi connectivity index (χ0v) is 13.8. The minimum absolute atomic E-state index is 0.0931. The summed E-state index contributed by atoms with van der Waals surface area (Å²) in [6.07, 6.45) is 12.7. The fourth-order valence-electron chi connectivity index (χ4n) is 3.67. The fourth-order valence-corrected chi connectivity index (χ4v) is 3.67. The van der Waals surface area contributed by atoms with Crippen molar-refractivity contribution in [3.8, 4) is 0 Å². The summed E-state index contributed by atoms with van der Waals surface area (Å²) >= 11 is 0. The van der Waals surface area contributed by atoms with Gasteiger partial charge in [-0.1, -0.05) is 89.5 Å². The molecule has 116 valence electrons. The molecule has 0 saturated heterocycles. The maximum Gasteiger partial charge on any atom is 0.164 e. The number of unbranched alkanes of at least 4 members (excludes halogenated alkanes) is 7. The molecular formula is C20H30O. The molecule has 1 aliphatic carbocycles. The fraction of sp³-hybridized carbons (Fsp3) is 0.650. The van der Waals surface area contributed by atoms with Crippen LogP contribution in [0, 0.1) is 0 Å². The third-order valence-corrected chi connectivity index (χ3v) is 5.01. The van der Waals surface area contributed by atoms with Crippen molar-refractivity contribution in [1.29, 1.82) is 0 Å². The van der Waals surface area contributed by atoms with Gasteiger partial charge in [0.2, 0.25) is 0 Å². The lowest BCUT2D eigenvalue weighted by molar-refractivity contribution is 0.0974. The Morgan fingerprint density at radius 3 is 2.29 bits per heavy atom. The number of carbonyl (C=O) groups is 1. The van der Waals surface area contributed by atoms with E-state index in [0.29, 0.717) is 12.2 Å². The van der Waals surface area contributed by atoms with E-state index in [0.717, 1.165) is 12.0 Å². The summed E-state index contributed by atoms with van der Waals surface area (Å²) in [7, 11) is 0. The Balaban J connectivity index is 1.73. The van der Waals surface area contributed by atoms with Gasteiger partial charge in [-0.25, -0.2) is 0 Å². The first-order valence-electron chi connectivity index (χ1n) is 8.80. The van der Waals surface area contributed by atoms with E-state index in [-0.39, 0.29) is 5.41 Å². The summed E-state index contributed by atoms with van der Waals surface area (Å²) in [6, 6.07) is 8.21. The second kappa shape index (κ2) is 7.77. The van der Waals surface area contributed by atoms with Crippen LogP contribution in [0.25, 0.3) is 0 Å². The highest BCUT2D eigenvalue weighted by atomic mass is 16.1. The Bertz CT molecular complexity index is 463. The van der Waals surface area contributed by atoms with Crippen LogP contribution in [0.5, 0.6) is 0 Å². The molecule has 0 aliphatic heterocycles.